The van der Waals surface area contributed by atoms with E-state index in [0.29, 0.717) is 0 Å². The maximum absolute atomic E-state index is 2.62. The van der Waals surface area contributed by atoms with Crippen LogP contribution in [-0.2, 0) is 16.2 Å². The molecule has 0 N–H and O–H groups in total. The van der Waals surface area contributed by atoms with Gasteiger partial charge in [-0.05, 0) is 205 Å². The largest absolute Gasteiger partial charge is 0.310 e. The molecular weight excluding hydrogens is 953 g/mol. The molecule has 10 aromatic rings. The maximum atomic E-state index is 2.62. The fourth-order valence-electron chi connectivity index (χ4n) is 11.9. The molecule has 2 aliphatic rings. The van der Waals surface area contributed by atoms with Crippen molar-refractivity contribution in [2.75, 3.05) is 47.3 Å². The van der Waals surface area contributed by atoms with Crippen LogP contribution in [0.1, 0.15) is 74.9 Å². The van der Waals surface area contributed by atoms with Crippen LogP contribution in [0.25, 0.3) is 42.4 Å². The van der Waals surface area contributed by atoms with E-state index in [1.165, 1.54) is 91.3 Å². The van der Waals surface area contributed by atoms with Gasteiger partial charge in [0.25, 0.3) is 0 Å². The minimum absolute atomic E-state index is 0.0213. The third kappa shape index (κ3) is 7.75. The van der Waals surface area contributed by atoms with Crippen molar-refractivity contribution in [2.45, 2.75) is 67.6 Å². The van der Waals surface area contributed by atoms with Crippen LogP contribution in [0.2, 0.25) is 0 Å². The number of fused-ring (bicyclic) bond motifs is 14. The van der Waals surface area contributed by atoms with Crippen molar-refractivity contribution in [3.63, 3.8) is 0 Å². The molecule has 0 radical (unpaired) electrons. The van der Waals surface area contributed by atoms with E-state index in [2.05, 4.69) is 283 Å². The van der Waals surface area contributed by atoms with Crippen molar-refractivity contribution in [2.24, 2.45) is 0 Å². The lowest BCUT2D eigenvalue weighted by Gasteiger charge is -2.34. The van der Waals surface area contributed by atoms with Gasteiger partial charge in [0, 0.05) is 54.2 Å². The molecule has 0 bridgehead atoms. The Labute approximate surface area is 447 Å². The van der Waals surface area contributed by atoms with Gasteiger partial charge in [-0.2, -0.15) is 0 Å². The van der Waals surface area contributed by atoms with Crippen molar-refractivity contribution in [3.8, 4) is 22.3 Å². The minimum Gasteiger partial charge on any atom is -0.310 e. The summed E-state index contributed by atoms with van der Waals surface area (Å²) < 4.78 is 2.62. The highest BCUT2D eigenvalue weighted by Crippen LogP contribution is 2.67. The molecule has 0 amide bonds. The van der Waals surface area contributed by atoms with Gasteiger partial charge in [-0.15, -0.1) is 11.3 Å². The van der Waals surface area contributed by atoms with E-state index in [4.69, 9.17) is 0 Å². The average Bonchev–Trinajstić information content (AvgIpc) is 4.03. The summed E-state index contributed by atoms with van der Waals surface area (Å²) in [4.78, 5) is 7.86. The van der Waals surface area contributed by atoms with E-state index in [9.17, 15) is 0 Å². The second kappa shape index (κ2) is 17.3. The minimum atomic E-state index is -0.943. The Balaban J connectivity index is 1.18. The molecule has 0 saturated heterocycles. The Morgan fingerprint density at radius 2 is 0.824 bits per heavy atom. The zero-order valence-electron chi connectivity index (χ0n) is 45.1. The third-order valence-corrected chi connectivity index (χ3v) is 20.3. The number of thiophene rings is 1. The molecule has 0 unspecified atom stereocenters. The van der Waals surface area contributed by atoms with Gasteiger partial charge >= 0.3 is 0 Å². The van der Waals surface area contributed by atoms with Gasteiger partial charge in [0.15, 0.2) is 0 Å². The van der Waals surface area contributed by atoms with Crippen molar-refractivity contribution >= 4 is 85.7 Å². The summed E-state index contributed by atoms with van der Waals surface area (Å²) in [6.45, 7) is 13.8. The molecule has 12 rings (SSSR count). The van der Waals surface area contributed by atoms with Crippen LogP contribution in [0, 0.1) is 0 Å². The van der Waals surface area contributed by atoms with Crippen LogP contribution in [0.4, 0.5) is 34.1 Å². The number of benzene rings is 9. The first-order chi connectivity index (χ1) is 35.2. The van der Waals surface area contributed by atoms with E-state index < -0.39 is 25.5 Å². The lowest BCUT2D eigenvalue weighted by molar-refractivity contribution is 0.590. The number of hydrogen-bond donors (Lipinski definition) is 0. The standard InChI is InChI=1S/C69H68N2S3/c1-67(2,3)45-25-29-47(30-26-45)70(48-33-38-52(39-34-48)73(7,8)9)51-37-42-56-60(43-51)69(58-22-16-13-19-54(58)55-20-14-17-23-59(55)69)61-44-62(65-57-21-15-18-24-63(57)72-66(65)64(56)61)71(49-31-27-46(28-32-49)68(4,5)6)50-35-40-53(41-36-50)74(10,11)12/h13-44H,1-12H3. The predicted octanol–water partition coefficient (Wildman–Crippen LogP) is 20.0. The number of anilines is 6. The molecule has 9 aromatic carbocycles. The first-order valence-electron chi connectivity index (χ1n) is 25.9. The first-order valence-corrected chi connectivity index (χ1v) is 32.5. The summed E-state index contributed by atoms with van der Waals surface area (Å²) >= 11 is 1.95. The summed E-state index contributed by atoms with van der Waals surface area (Å²) in [6.07, 6.45) is 14.3. The molecule has 0 atom stereocenters. The van der Waals surface area contributed by atoms with Gasteiger partial charge in [0.2, 0.25) is 0 Å². The van der Waals surface area contributed by atoms with E-state index in [1.807, 2.05) is 11.3 Å². The van der Waals surface area contributed by atoms with Gasteiger partial charge in [-0.1, -0.05) is 139 Å². The Hall–Kier alpha value is -6.50. The normalized spacial score (nSPS) is 14.2. The molecule has 0 aliphatic heterocycles. The molecule has 2 aliphatic carbocycles. The van der Waals surface area contributed by atoms with Crippen LogP contribution >= 0.6 is 31.4 Å². The third-order valence-electron chi connectivity index (χ3n) is 15.7. The van der Waals surface area contributed by atoms with E-state index in [0.717, 1.165) is 28.4 Å². The second-order valence-electron chi connectivity index (χ2n) is 24.1. The maximum Gasteiger partial charge on any atom is 0.0727 e. The fourth-order valence-corrected chi connectivity index (χ4v) is 15.1. The van der Waals surface area contributed by atoms with Crippen molar-refractivity contribution < 1.29 is 0 Å². The summed E-state index contributed by atoms with van der Waals surface area (Å²) in [6, 6.07) is 75.2. The van der Waals surface area contributed by atoms with Gasteiger partial charge < -0.3 is 9.80 Å². The fraction of sp³-hybridized carbons (Fsp3) is 0.217. The first kappa shape index (κ1) is 48.4. The Morgan fingerprint density at radius 1 is 0.392 bits per heavy atom. The van der Waals surface area contributed by atoms with Crippen LogP contribution in [0.3, 0.4) is 0 Å². The van der Waals surface area contributed by atoms with Crippen molar-refractivity contribution in [1.82, 2.24) is 0 Å². The van der Waals surface area contributed by atoms with E-state index >= 15 is 0 Å². The zero-order chi connectivity index (χ0) is 51.7. The molecule has 74 heavy (non-hydrogen) atoms. The monoisotopic (exact) mass is 1020 g/mol. The van der Waals surface area contributed by atoms with Crippen LogP contribution in [0.15, 0.2) is 204 Å². The predicted molar refractivity (Wildman–Crippen MR) is 330 cm³/mol. The lowest BCUT2D eigenvalue weighted by Crippen LogP contribution is -2.26. The summed E-state index contributed by atoms with van der Waals surface area (Å²) in [5.41, 5.74) is 19.6. The summed E-state index contributed by atoms with van der Waals surface area (Å²) in [5, 5.41) is 2.58. The molecule has 1 aromatic heterocycles. The number of nitrogens with zero attached hydrogens (tertiary/aromatic N) is 2. The second-order valence-corrected chi connectivity index (χ2v) is 33.5. The summed E-state index contributed by atoms with van der Waals surface area (Å²) in [7, 11) is -1.86. The van der Waals surface area contributed by atoms with Crippen LogP contribution in [0.5, 0.6) is 0 Å². The van der Waals surface area contributed by atoms with Crippen molar-refractivity contribution in [1.29, 1.82) is 0 Å². The zero-order valence-corrected chi connectivity index (χ0v) is 47.5. The Morgan fingerprint density at radius 3 is 1.31 bits per heavy atom. The topological polar surface area (TPSA) is 6.48 Å². The summed E-state index contributed by atoms with van der Waals surface area (Å²) in [5.74, 6) is 0. The molecular formula is C69H68N2S3. The Bertz CT molecular complexity index is 3640. The van der Waals surface area contributed by atoms with Crippen molar-refractivity contribution in [3.05, 3.63) is 228 Å². The van der Waals surface area contributed by atoms with Gasteiger partial charge in [-0.3, -0.25) is 0 Å². The molecule has 372 valence electrons. The highest BCUT2D eigenvalue weighted by Gasteiger charge is 2.53. The number of rotatable bonds is 8. The number of hydrogen-bond acceptors (Lipinski definition) is 3. The van der Waals surface area contributed by atoms with Gasteiger partial charge in [0.05, 0.1) is 11.1 Å². The SMILES string of the molecule is CC(C)(C)c1ccc(N(c2ccc(S(C)(C)C)cc2)c2ccc3c(c2)C2(c4ccccc4-c4ccccc42)c2cc(N(c4ccc(C(C)(C)C)cc4)c4ccc(S(C)(C)C)cc4)c4c(sc5ccccc54)c2-3)cc1. The smallest absolute Gasteiger partial charge is 0.0727 e. The molecule has 2 nitrogen and oxygen atoms in total. The highest BCUT2D eigenvalue weighted by molar-refractivity contribution is 8.32. The van der Waals surface area contributed by atoms with Crippen LogP contribution in [-0.4, -0.2) is 37.5 Å². The van der Waals surface area contributed by atoms with Gasteiger partial charge in [-0.25, -0.2) is 20.1 Å². The lowest BCUT2D eigenvalue weighted by atomic mass is 9.70. The molecule has 0 saturated carbocycles. The molecule has 5 heteroatoms. The average molecular weight is 1020 g/mol. The molecule has 1 spiro atoms. The quantitative estimate of drug-likeness (QED) is 0.150. The molecule has 0 fully saturated rings. The Kier molecular flexibility index (Phi) is 11.3. The molecule has 1 heterocycles. The van der Waals surface area contributed by atoms with Gasteiger partial charge in [0.1, 0.15) is 0 Å². The van der Waals surface area contributed by atoms with E-state index in [-0.39, 0.29) is 10.8 Å². The van der Waals surface area contributed by atoms with E-state index in [1.54, 1.807) is 0 Å². The van der Waals surface area contributed by atoms with Crippen LogP contribution < -0.4 is 9.80 Å². The highest BCUT2D eigenvalue weighted by atomic mass is 32.3.